The highest BCUT2D eigenvalue weighted by molar-refractivity contribution is 5.47. The highest BCUT2D eigenvalue weighted by atomic mass is 16.3. The quantitative estimate of drug-likeness (QED) is 0.782. The average molecular weight is 234 g/mol. The number of hydrogen-bond donors (Lipinski definition) is 2. The Morgan fingerprint density at radius 1 is 1.29 bits per heavy atom. The van der Waals surface area contributed by atoms with Crippen molar-refractivity contribution in [2.45, 2.75) is 38.5 Å². The van der Waals surface area contributed by atoms with E-state index >= 15 is 0 Å². The Labute approximate surface area is 103 Å². The predicted octanol–water partition coefficient (Wildman–Crippen LogP) is 1.97. The van der Waals surface area contributed by atoms with Crippen LogP contribution in [-0.4, -0.2) is 30.5 Å². The maximum atomic E-state index is 10.2. The highest BCUT2D eigenvalue weighted by Crippen LogP contribution is 2.24. The molecule has 1 aliphatic heterocycles. The van der Waals surface area contributed by atoms with Crippen molar-refractivity contribution in [3.63, 3.8) is 0 Å². The normalized spacial score (nSPS) is 18.9. The fourth-order valence-electron chi connectivity index (χ4n) is 2.51. The summed E-state index contributed by atoms with van der Waals surface area (Å²) in [7, 11) is 0. The maximum Gasteiger partial charge on any atom is 0.126 e. The monoisotopic (exact) mass is 234 g/mol. The van der Waals surface area contributed by atoms with E-state index in [1.54, 1.807) is 0 Å². The second kappa shape index (κ2) is 6.03. The van der Waals surface area contributed by atoms with Crippen LogP contribution in [-0.2, 0) is 0 Å². The molecule has 2 N–H and O–H groups in total. The number of aliphatic hydroxyl groups excluding tert-OH is 1. The number of para-hydroxylation sites is 1. The highest BCUT2D eigenvalue weighted by Gasteiger charge is 2.25. The van der Waals surface area contributed by atoms with Crippen molar-refractivity contribution in [2.24, 2.45) is 0 Å². The first-order chi connectivity index (χ1) is 8.33. The van der Waals surface area contributed by atoms with Gasteiger partial charge in [-0.2, -0.15) is 0 Å². The number of hydrogen-bond acceptors (Lipinski definition) is 3. The van der Waals surface area contributed by atoms with Crippen molar-refractivity contribution in [3.05, 3.63) is 30.3 Å². The summed E-state index contributed by atoms with van der Waals surface area (Å²) in [6.45, 7) is 4.12. The largest absolute Gasteiger partial charge is 0.374 e. The Bertz CT molecular complexity index is 322. The Morgan fingerprint density at radius 3 is 2.53 bits per heavy atom. The first-order valence-electron chi connectivity index (χ1n) is 6.55. The molecule has 0 saturated carbocycles. The number of nitrogens with one attached hydrogen (secondary N) is 1. The molecule has 1 aromatic carbocycles. The van der Waals surface area contributed by atoms with Gasteiger partial charge in [-0.1, -0.05) is 25.1 Å². The molecule has 0 radical (unpaired) electrons. The summed E-state index contributed by atoms with van der Waals surface area (Å²) in [6, 6.07) is 10.7. The predicted molar refractivity (Wildman–Crippen MR) is 71.1 cm³/mol. The molecular formula is C14H22N2O. The third-order valence-electron chi connectivity index (χ3n) is 3.44. The van der Waals surface area contributed by atoms with Crippen LogP contribution in [0, 0.1) is 0 Å². The van der Waals surface area contributed by atoms with Crippen LogP contribution in [0.5, 0.6) is 0 Å². The van der Waals surface area contributed by atoms with Gasteiger partial charge < -0.3 is 15.3 Å². The lowest BCUT2D eigenvalue weighted by Crippen LogP contribution is -2.48. The summed E-state index contributed by atoms with van der Waals surface area (Å²) in [5, 5.41) is 13.6. The molecule has 3 nitrogen and oxygen atoms in total. The minimum atomic E-state index is -0.375. The molecule has 3 heteroatoms. The second-order valence-electron chi connectivity index (χ2n) is 4.61. The van der Waals surface area contributed by atoms with Crippen molar-refractivity contribution in [3.8, 4) is 0 Å². The third-order valence-corrected chi connectivity index (χ3v) is 3.44. The van der Waals surface area contributed by atoms with Crippen LogP contribution in [0.15, 0.2) is 30.3 Å². The summed E-state index contributed by atoms with van der Waals surface area (Å²) in [5.41, 5.74) is 1.13. The van der Waals surface area contributed by atoms with E-state index in [2.05, 4.69) is 22.3 Å². The Morgan fingerprint density at radius 2 is 1.94 bits per heavy atom. The van der Waals surface area contributed by atoms with E-state index in [4.69, 9.17) is 0 Å². The van der Waals surface area contributed by atoms with Crippen LogP contribution in [0.4, 0.5) is 5.69 Å². The van der Waals surface area contributed by atoms with Crippen LogP contribution in [0.25, 0.3) is 0 Å². The molecule has 0 spiro atoms. The summed E-state index contributed by atoms with van der Waals surface area (Å²) in [4.78, 5) is 2.18. The molecule has 17 heavy (non-hydrogen) atoms. The van der Waals surface area contributed by atoms with Gasteiger partial charge in [0.25, 0.3) is 0 Å². The van der Waals surface area contributed by atoms with Crippen molar-refractivity contribution in [1.82, 2.24) is 5.32 Å². The Kier molecular flexibility index (Phi) is 4.40. The molecule has 1 unspecified atom stereocenters. The van der Waals surface area contributed by atoms with E-state index in [0.717, 1.165) is 38.0 Å². The van der Waals surface area contributed by atoms with Crippen LogP contribution in [0.1, 0.15) is 26.2 Å². The van der Waals surface area contributed by atoms with Gasteiger partial charge in [0.15, 0.2) is 0 Å². The maximum absolute atomic E-state index is 10.2. The van der Waals surface area contributed by atoms with Crippen LogP contribution >= 0.6 is 0 Å². The topological polar surface area (TPSA) is 35.5 Å². The number of benzene rings is 1. The van der Waals surface area contributed by atoms with Gasteiger partial charge in [0, 0.05) is 11.7 Å². The minimum Gasteiger partial charge on any atom is -0.374 e. The van der Waals surface area contributed by atoms with Gasteiger partial charge in [-0.15, -0.1) is 0 Å². The third kappa shape index (κ3) is 2.99. The molecule has 1 fully saturated rings. The molecule has 0 amide bonds. The van der Waals surface area contributed by atoms with Crippen LogP contribution in [0.2, 0.25) is 0 Å². The lowest BCUT2D eigenvalue weighted by Gasteiger charge is -2.39. The zero-order chi connectivity index (χ0) is 12.1. The first kappa shape index (κ1) is 12.4. The summed E-state index contributed by atoms with van der Waals surface area (Å²) in [6.07, 6.45) is 2.59. The Balaban J connectivity index is 2.18. The van der Waals surface area contributed by atoms with Gasteiger partial charge in [-0.05, 0) is 44.5 Å². The molecule has 94 valence electrons. The molecule has 1 aromatic rings. The minimum absolute atomic E-state index is 0.375. The smallest absolute Gasteiger partial charge is 0.126 e. The number of rotatable bonds is 4. The second-order valence-corrected chi connectivity index (χ2v) is 4.61. The molecule has 0 aliphatic carbocycles. The van der Waals surface area contributed by atoms with E-state index < -0.39 is 0 Å². The zero-order valence-corrected chi connectivity index (χ0v) is 10.5. The van der Waals surface area contributed by atoms with Crippen molar-refractivity contribution < 1.29 is 5.11 Å². The number of piperidine rings is 1. The summed E-state index contributed by atoms with van der Waals surface area (Å²) < 4.78 is 0. The van der Waals surface area contributed by atoms with E-state index in [0.29, 0.717) is 6.04 Å². The Hall–Kier alpha value is -1.06. The van der Waals surface area contributed by atoms with E-state index in [9.17, 15) is 5.11 Å². The van der Waals surface area contributed by atoms with Crippen molar-refractivity contribution >= 4 is 5.69 Å². The van der Waals surface area contributed by atoms with Gasteiger partial charge in [0.2, 0.25) is 0 Å². The number of nitrogens with zero attached hydrogens (tertiary/aromatic N) is 1. The van der Waals surface area contributed by atoms with Gasteiger partial charge in [0.05, 0.1) is 0 Å². The lowest BCUT2D eigenvalue weighted by molar-refractivity contribution is 0.147. The summed E-state index contributed by atoms with van der Waals surface area (Å²) >= 11 is 0. The molecular weight excluding hydrogens is 212 g/mol. The molecule has 0 aromatic heterocycles. The molecule has 0 bridgehead atoms. The van der Waals surface area contributed by atoms with E-state index in [1.165, 1.54) is 0 Å². The number of anilines is 1. The van der Waals surface area contributed by atoms with Crippen molar-refractivity contribution in [1.29, 1.82) is 0 Å². The molecule has 1 saturated heterocycles. The first-order valence-corrected chi connectivity index (χ1v) is 6.55. The van der Waals surface area contributed by atoms with E-state index in [1.807, 2.05) is 25.1 Å². The zero-order valence-electron chi connectivity index (χ0n) is 10.5. The van der Waals surface area contributed by atoms with Gasteiger partial charge in [-0.25, -0.2) is 0 Å². The molecule has 1 aliphatic rings. The summed E-state index contributed by atoms with van der Waals surface area (Å²) in [5.74, 6) is 0. The SMILES string of the molecule is CCC(O)N(c1ccccc1)C1CCNCC1. The fourth-order valence-corrected chi connectivity index (χ4v) is 2.51. The standard InChI is InChI=1S/C14H22N2O/c1-2-14(17)16(12-6-4-3-5-7-12)13-8-10-15-11-9-13/h3-7,13-15,17H,2,8-11H2,1H3. The van der Waals surface area contributed by atoms with Gasteiger partial charge in [-0.3, -0.25) is 0 Å². The molecule has 1 heterocycles. The molecule has 2 rings (SSSR count). The van der Waals surface area contributed by atoms with Gasteiger partial charge >= 0.3 is 0 Å². The van der Waals surface area contributed by atoms with E-state index in [-0.39, 0.29) is 6.23 Å². The van der Waals surface area contributed by atoms with Gasteiger partial charge in [0.1, 0.15) is 6.23 Å². The van der Waals surface area contributed by atoms with Crippen molar-refractivity contribution in [2.75, 3.05) is 18.0 Å². The average Bonchev–Trinajstić information content (AvgIpc) is 2.41. The van der Waals surface area contributed by atoms with Crippen LogP contribution in [0.3, 0.4) is 0 Å². The number of aliphatic hydroxyl groups is 1. The fraction of sp³-hybridized carbons (Fsp3) is 0.571. The molecule has 1 atom stereocenters. The van der Waals surface area contributed by atoms with Crippen LogP contribution < -0.4 is 10.2 Å². The lowest BCUT2D eigenvalue weighted by atomic mass is 10.0.